The molecule has 0 aromatic carbocycles. The topological polar surface area (TPSA) is 51.8 Å². The lowest BCUT2D eigenvalue weighted by molar-refractivity contribution is -0.124. The molecular weight excluding hydrogens is 210 g/mol. The van der Waals surface area contributed by atoms with E-state index in [2.05, 4.69) is 0 Å². The maximum atomic E-state index is 11.6. The zero-order chi connectivity index (χ0) is 9.80. The zero-order valence-electron chi connectivity index (χ0n) is 8.48. The van der Waals surface area contributed by atoms with Crippen LogP contribution in [0.3, 0.4) is 0 Å². The van der Waals surface area contributed by atoms with Crippen LogP contribution in [0.2, 0.25) is 0 Å². The van der Waals surface area contributed by atoms with Crippen LogP contribution in [-0.2, 0) is 4.79 Å². The van der Waals surface area contributed by atoms with Crippen LogP contribution in [0.1, 0.15) is 17.7 Å². The molecule has 0 atom stereocenters. The fourth-order valence-electron chi connectivity index (χ4n) is 1.58. The lowest BCUT2D eigenvalue weighted by Crippen LogP contribution is -2.25. The molecule has 1 amide bonds. The summed E-state index contributed by atoms with van der Waals surface area (Å²) in [5.41, 5.74) is 0. The number of thiophene rings is 1. The zero-order valence-corrected chi connectivity index (χ0v) is 9.30. The molecule has 1 aliphatic heterocycles. The van der Waals surface area contributed by atoms with Gasteiger partial charge in [0.15, 0.2) is 0 Å². The molecule has 3 nitrogen and oxygen atoms in total. The Morgan fingerprint density at radius 3 is 2.73 bits per heavy atom. The summed E-state index contributed by atoms with van der Waals surface area (Å²) in [5, 5.41) is 2.01. The third-order valence-electron chi connectivity index (χ3n) is 2.35. The summed E-state index contributed by atoms with van der Waals surface area (Å²) >= 11 is 1.65. The van der Waals surface area contributed by atoms with E-state index in [1.54, 1.807) is 17.4 Å². The van der Waals surface area contributed by atoms with Gasteiger partial charge in [0.25, 0.3) is 0 Å². The van der Waals surface area contributed by atoms with Crippen LogP contribution in [0.25, 0.3) is 6.08 Å². The molecule has 1 aromatic rings. The van der Waals surface area contributed by atoms with Crippen molar-refractivity contribution in [1.29, 1.82) is 0 Å². The third kappa shape index (κ3) is 3.18. The summed E-state index contributed by atoms with van der Waals surface area (Å²) in [6.45, 7) is 1.85. The van der Waals surface area contributed by atoms with E-state index in [9.17, 15) is 4.79 Å². The Morgan fingerprint density at radius 1 is 1.40 bits per heavy atom. The van der Waals surface area contributed by atoms with Crippen molar-refractivity contribution in [3.8, 4) is 0 Å². The lowest BCUT2D eigenvalue weighted by Gasteiger charge is -2.11. The van der Waals surface area contributed by atoms with Crippen LogP contribution >= 0.6 is 11.3 Å². The Morgan fingerprint density at radius 2 is 2.13 bits per heavy atom. The van der Waals surface area contributed by atoms with E-state index in [1.165, 1.54) is 0 Å². The van der Waals surface area contributed by atoms with Gasteiger partial charge in [-0.25, -0.2) is 0 Å². The summed E-state index contributed by atoms with van der Waals surface area (Å²) in [6.07, 6.45) is 5.87. The molecule has 1 fully saturated rings. The Bertz CT molecular complexity index is 326. The molecule has 2 rings (SSSR count). The first-order valence-corrected chi connectivity index (χ1v) is 5.75. The minimum atomic E-state index is 0. The van der Waals surface area contributed by atoms with E-state index in [1.807, 2.05) is 28.5 Å². The van der Waals surface area contributed by atoms with E-state index in [4.69, 9.17) is 0 Å². The minimum Gasteiger partial charge on any atom is -0.412 e. The van der Waals surface area contributed by atoms with Gasteiger partial charge in [0.1, 0.15) is 0 Å². The summed E-state index contributed by atoms with van der Waals surface area (Å²) in [4.78, 5) is 14.6. The molecule has 82 valence electrons. The third-order valence-corrected chi connectivity index (χ3v) is 3.19. The standard InChI is InChI=1S/C11H13NOS.H2O/c13-11(12-7-1-2-8-12)6-5-10-4-3-9-14-10;/h3-6,9H,1-2,7-8H2;1H2/b6-5+;. The molecule has 1 saturated heterocycles. The predicted octanol–water partition coefficient (Wildman–Crippen LogP) is 1.56. The number of rotatable bonds is 2. The van der Waals surface area contributed by atoms with E-state index >= 15 is 0 Å². The van der Waals surface area contributed by atoms with Crippen molar-refractivity contribution in [2.24, 2.45) is 0 Å². The summed E-state index contributed by atoms with van der Waals surface area (Å²) < 4.78 is 0. The van der Waals surface area contributed by atoms with E-state index in [0.29, 0.717) is 0 Å². The molecule has 0 aliphatic carbocycles. The number of hydrogen-bond donors (Lipinski definition) is 0. The van der Waals surface area contributed by atoms with Crippen molar-refractivity contribution in [1.82, 2.24) is 4.90 Å². The van der Waals surface area contributed by atoms with Crippen molar-refractivity contribution < 1.29 is 10.3 Å². The van der Waals surface area contributed by atoms with Crippen molar-refractivity contribution in [2.75, 3.05) is 13.1 Å². The molecule has 15 heavy (non-hydrogen) atoms. The molecule has 1 aromatic heterocycles. The number of carbonyl (C=O) groups is 1. The van der Waals surface area contributed by atoms with Crippen molar-refractivity contribution in [3.63, 3.8) is 0 Å². The van der Waals surface area contributed by atoms with Crippen molar-refractivity contribution in [3.05, 3.63) is 28.5 Å². The first-order chi connectivity index (χ1) is 6.86. The smallest absolute Gasteiger partial charge is 0.246 e. The molecule has 1 aliphatic rings. The van der Waals surface area contributed by atoms with Gasteiger partial charge < -0.3 is 10.4 Å². The summed E-state index contributed by atoms with van der Waals surface area (Å²) in [6, 6.07) is 4.00. The number of amides is 1. The van der Waals surface area contributed by atoms with E-state index in [-0.39, 0.29) is 11.4 Å². The normalized spacial score (nSPS) is 15.6. The first kappa shape index (κ1) is 11.9. The summed E-state index contributed by atoms with van der Waals surface area (Å²) in [7, 11) is 0. The second-order valence-corrected chi connectivity index (χ2v) is 4.36. The van der Waals surface area contributed by atoms with Gasteiger partial charge in [-0.1, -0.05) is 6.07 Å². The number of nitrogens with zero attached hydrogens (tertiary/aromatic N) is 1. The van der Waals surface area contributed by atoms with Gasteiger partial charge in [-0.05, 0) is 30.4 Å². The molecule has 0 spiro atoms. The highest BCUT2D eigenvalue weighted by molar-refractivity contribution is 7.10. The minimum absolute atomic E-state index is 0. The number of likely N-dealkylation sites (tertiary alicyclic amines) is 1. The number of carbonyl (C=O) groups excluding carboxylic acids is 1. The van der Waals surface area contributed by atoms with Gasteiger partial charge in [-0.3, -0.25) is 4.79 Å². The fourth-order valence-corrected chi connectivity index (χ4v) is 2.20. The molecule has 2 heterocycles. The molecule has 0 bridgehead atoms. The van der Waals surface area contributed by atoms with Crippen LogP contribution in [0.4, 0.5) is 0 Å². The average molecular weight is 225 g/mol. The molecule has 0 saturated carbocycles. The van der Waals surface area contributed by atoms with Gasteiger partial charge in [-0.2, -0.15) is 0 Å². The Labute approximate surface area is 93.3 Å². The van der Waals surface area contributed by atoms with Crippen LogP contribution in [-0.4, -0.2) is 29.4 Å². The first-order valence-electron chi connectivity index (χ1n) is 4.87. The van der Waals surface area contributed by atoms with Gasteiger partial charge in [0, 0.05) is 24.0 Å². The van der Waals surface area contributed by atoms with Gasteiger partial charge >= 0.3 is 0 Å². The maximum absolute atomic E-state index is 11.6. The Hall–Kier alpha value is -1.13. The van der Waals surface area contributed by atoms with E-state index in [0.717, 1.165) is 30.8 Å². The summed E-state index contributed by atoms with van der Waals surface area (Å²) in [5.74, 6) is 0.149. The highest BCUT2D eigenvalue weighted by Gasteiger charge is 2.14. The van der Waals surface area contributed by atoms with Crippen LogP contribution in [0.15, 0.2) is 23.6 Å². The second kappa shape index (κ2) is 5.68. The van der Waals surface area contributed by atoms with Gasteiger partial charge in [0.2, 0.25) is 5.91 Å². The lowest BCUT2D eigenvalue weighted by atomic mass is 10.4. The predicted molar refractivity (Wildman–Crippen MR) is 62.8 cm³/mol. The van der Waals surface area contributed by atoms with Gasteiger partial charge in [0.05, 0.1) is 0 Å². The van der Waals surface area contributed by atoms with E-state index < -0.39 is 0 Å². The Balaban J connectivity index is 0.00000112. The van der Waals surface area contributed by atoms with Gasteiger partial charge in [-0.15, -0.1) is 11.3 Å². The fraction of sp³-hybridized carbons (Fsp3) is 0.364. The number of hydrogen-bond acceptors (Lipinski definition) is 2. The Kier molecular flexibility index (Phi) is 4.52. The second-order valence-electron chi connectivity index (χ2n) is 3.38. The SMILES string of the molecule is O.O=C(/C=C/c1cccs1)N1CCCC1. The van der Waals surface area contributed by atoms with Crippen molar-refractivity contribution in [2.45, 2.75) is 12.8 Å². The maximum Gasteiger partial charge on any atom is 0.246 e. The van der Waals surface area contributed by atoms with Crippen LogP contribution in [0, 0.1) is 0 Å². The highest BCUT2D eigenvalue weighted by atomic mass is 32.1. The largest absolute Gasteiger partial charge is 0.412 e. The average Bonchev–Trinajstić information content (AvgIpc) is 2.87. The quantitative estimate of drug-likeness (QED) is 0.705. The molecule has 4 heteroatoms. The monoisotopic (exact) mass is 225 g/mol. The molecule has 0 radical (unpaired) electrons. The highest BCUT2D eigenvalue weighted by Crippen LogP contribution is 2.12. The molecule has 2 N–H and O–H groups in total. The van der Waals surface area contributed by atoms with Crippen LogP contribution < -0.4 is 0 Å². The van der Waals surface area contributed by atoms with Crippen molar-refractivity contribution >= 4 is 23.3 Å². The molecule has 0 unspecified atom stereocenters. The van der Waals surface area contributed by atoms with Crippen LogP contribution in [0.5, 0.6) is 0 Å². The molecular formula is C11H15NO2S.